The van der Waals surface area contributed by atoms with Gasteiger partial charge in [0.2, 0.25) is 0 Å². The normalized spacial score (nSPS) is 17.9. The van der Waals surface area contributed by atoms with Gasteiger partial charge >= 0.3 is 0 Å². The Hall–Kier alpha value is -0.740. The first-order chi connectivity index (χ1) is 8.69. The Morgan fingerprint density at radius 2 is 2.11 bits per heavy atom. The van der Waals surface area contributed by atoms with Gasteiger partial charge in [-0.3, -0.25) is 0 Å². The zero-order valence-electron chi connectivity index (χ0n) is 11.0. The van der Waals surface area contributed by atoms with E-state index in [1.807, 2.05) is 18.2 Å². The Kier molecular flexibility index (Phi) is 4.89. The molecule has 0 spiro atoms. The van der Waals surface area contributed by atoms with Crippen molar-refractivity contribution in [2.45, 2.75) is 19.8 Å². The van der Waals surface area contributed by atoms with Crippen LogP contribution in [-0.2, 0) is 0 Å². The lowest BCUT2D eigenvalue weighted by atomic mass is 9.97. The molecule has 0 aliphatic carbocycles. The summed E-state index contributed by atoms with van der Waals surface area (Å²) in [6, 6.07) is 6.01. The van der Waals surface area contributed by atoms with E-state index in [-0.39, 0.29) is 0 Å². The van der Waals surface area contributed by atoms with Gasteiger partial charge in [-0.25, -0.2) is 0 Å². The molecule has 0 radical (unpaired) electrons. The number of rotatable bonds is 4. The Morgan fingerprint density at radius 1 is 1.39 bits per heavy atom. The van der Waals surface area contributed by atoms with Crippen molar-refractivity contribution in [2.24, 2.45) is 5.92 Å². The monoisotopic (exact) mass is 311 g/mol. The van der Waals surface area contributed by atoms with Crippen molar-refractivity contribution in [3.63, 3.8) is 0 Å². The van der Waals surface area contributed by atoms with Gasteiger partial charge in [-0.15, -0.1) is 0 Å². The maximum absolute atomic E-state index is 5.98. The van der Waals surface area contributed by atoms with E-state index in [9.17, 15) is 0 Å². The largest absolute Gasteiger partial charge is 0.397 e. The van der Waals surface area contributed by atoms with Crippen LogP contribution in [0.1, 0.15) is 19.8 Å². The lowest BCUT2D eigenvalue weighted by Gasteiger charge is -2.31. The van der Waals surface area contributed by atoms with E-state index in [1.165, 1.54) is 32.5 Å². The molecule has 3 N–H and O–H groups in total. The molecule has 18 heavy (non-hydrogen) atoms. The highest BCUT2D eigenvalue weighted by molar-refractivity contribution is 9.10. The van der Waals surface area contributed by atoms with Crippen LogP contribution in [0.15, 0.2) is 22.7 Å². The molecule has 0 amide bonds. The predicted octanol–water partition coefficient (Wildman–Crippen LogP) is 3.18. The second-order valence-corrected chi connectivity index (χ2v) is 5.91. The molecule has 0 unspecified atom stereocenters. The number of nitrogens with one attached hydrogen (secondary N) is 1. The van der Waals surface area contributed by atoms with Crippen molar-refractivity contribution < 1.29 is 0 Å². The van der Waals surface area contributed by atoms with Gasteiger partial charge in [-0.2, -0.15) is 0 Å². The zero-order chi connectivity index (χ0) is 13.0. The molecule has 0 saturated carbocycles. The third-order valence-electron chi connectivity index (χ3n) is 3.75. The molecule has 0 aromatic heterocycles. The summed E-state index contributed by atoms with van der Waals surface area (Å²) in [5.74, 6) is 0.774. The maximum atomic E-state index is 5.98. The topological polar surface area (TPSA) is 41.3 Å². The molecule has 4 heteroatoms. The standard InChI is InChI=1S/C14H22BrN3/c1-2-18-7-5-11(6-8-18)10-17-14-4-3-12(15)9-13(14)16/h3-4,9,11,17H,2,5-8,10,16H2,1H3. The van der Waals surface area contributed by atoms with E-state index in [1.54, 1.807) is 0 Å². The second-order valence-electron chi connectivity index (χ2n) is 4.99. The number of nitrogen functional groups attached to an aromatic ring is 1. The molecule has 3 nitrogen and oxygen atoms in total. The van der Waals surface area contributed by atoms with Gasteiger partial charge in [0.05, 0.1) is 11.4 Å². The third kappa shape index (κ3) is 3.62. The molecule has 1 fully saturated rings. The van der Waals surface area contributed by atoms with Crippen LogP contribution in [0, 0.1) is 5.92 Å². The van der Waals surface area contributed by atoms with Crippen molar-refractivity contribution in [3.05, 3.63) is 22.7 Å². The number of hydrogen-bond donors (Lipinski definition) is 2. The van der Waals surface area contributed by atoms with Gasteiger partial charge in [0.25, 0.3) is 0 Å². The first-order valence-electron chi connectivity index (χ1n) is 6.70. The lowest BCUT2D eigenvalue weighted by Crippen LogP contribution is -2.35. The SMILES string of the molecule is CCN1CCC(CNc2ccc(Br)cc2N)CC1. The van der Waals surface area contributed by atoms with Crippen LogP contribution in [0.25, 0.3) is 0 Å². The third-order valence-corrected chi connectivity index (χ3v) is 4.24. The maximum Gasteiger partial charge on any atom is 0.0574 e. The van der Waals surface area contributed by atoms with Crippen LogP contribution in [0.4, 0.5) is 11.4 Å². The molecule has 1 aliphatic heterocycles. The minimum atomic E-state index is 0.774. The molecule has 1 aromatic carbocycles. The van der Waals surface area contributed by atoms with E-state index >= 15 is 0 Å². The van der Waals surface area contributed by atoms with E-state index in [2.05, 4.69) is 33.1 Å². The minimum Gasteiger partial charge on any atom is -0.397 e. The van der Waals surface area contributed by atoms with Gasteiger partial charge in [-0.1, -0.05) is 22.9 Å². The van der Waals surface area contributed by atoms with Crippen LogP contribution >= 0.6 is 15.9 Å². The molecule has 2 rings (SSSR count). The molecule has 100 valence electrons. The molecule has 1 aromatic rings. The van der Waals surface area contributed by atoms with Crippen LogP contribution < -0.4 is 11.1 Å². The first-order valence-corrected chi connectivity index (χ1v) is 7.49. The van der Waals surface area contributed by atoms with Crippen molar-refractivity contribution in [2.75, 3.05) is 37.2 Å². The van der Waals surface area contributed by atoms with Crippen LogP contribution in [0.5, 0.6) is 0 Å². The van der Waals surface area contributed by atoms with Gasteiger partial charge < -0.3 is 16.0 Å². The smallest absolute Gasteiger partial charge is 0.0574 e. The summed E-state index contributed by atoms with van der Waals surface area (Å²) in [5, 5.41) is 3.48. The summed E-state index contributed by atoms with van der Waals surface area (Å²) in [7, 11) is 0. The lowest BCUT2D eigenvalue weighted by molar-refractivity contribution is 0.198. The van der Waals surface area contributed by atoms with Crippen molar-refractivity contribution in [1.82, 2.24) is 4.90 Å². The zero-order valence-corrected chi connectivity index (χ0v) is 12.5. The highest BCUT2D eigenvalue weighted by Gasteiger charge is 2.17. The quantitative estimate of drug-likeness (QED) is 0.839. The second kappa shape index (κ2) is 6.43. The summed E-state index contributed by atoms with van der Waals surface area (Å²) in [4.78, 5) is 2.52. The number of nitrogens with zero attached hydrogens (tertiary/aromatic N) is 1. The van der Waals surface area contributed by atoms with Crippen molar-refractivity contribution in [3.8, 4) is 0 Å². The van der Waals surface area contributed by atoms with Gasteiger partial charge in [-0.05, 0) is 56.6 Å². The minimum absolute atomic E-state index is 0.774. The number of benzene rings is 1. The number of piperidine rings is 1. The Bertz CT molecular complexity index is 387. The van der Waals surface area contributed by atoms with Crippen LogP contribution in [0.3, 0.4) is 0 Å². The Labute approximate surface area is 118 Å². The van der Waals surface area contributed by atoms with Crippen molar-refractivity contribution >= 4 is 27.3 Å². The highest BCUT2D eigenvalue weighted by atomic mass is 79.9. The Morgan fingerprint density at radius 3 is 2.72 bits per heavy atom. The average Bonchev–Trinajstić information content (AvgIpc) is 2.38. The molecular formula is C14H22BrN3. The number of halogens is 1. The molecule has 1 saturated heterocycles. The van der Waals surface area contributed by atoms with Crippen LogP contribution in [0.2, 0.25) is 0 Å². The Balaban J connectivity index is 1.81. The van der Waals surface area contributed by atoms with E-state index in [4.69, 9.17) is 5.73 Å². The summed E-state index contributed by atoms with van der Waals surface area (Å²) >= 11 is 3.43. The summed E-state index contributed by atoms with van der Waals surface area (Å²) in [6.07, 6.45) is 2.58. The number of hydrogen-bond acceptors (Lipinski definition) is 3. The van der Waals surface area contributed by atoms with Gasteiger partial charge in [0, 0.05) is 11.0 Å². The van der Waals surface area contributed by atoms with E-state index in [0.717, 1.165) is 28.3 Å². The molecule has 0 atom stereocenters. The van der Waals surface area contributed by atoms with E-state index in [0.29, 0.717) is 0 Å². The summed E-state index contributed by atoms with van der Waals surface area (Å²) in [6.45, 7) is 6.92. The number of likely N-dealkylation sites (tertiary alicyclic amines) is 1. The molecule has 1 aliphatic rings. The van der Waals surface area contributed by atoms with Crippen molar-refractivity contribution in [1.29, 1.82) is 0 Å². The first kappa shape index (κ1) is 13.7. The fourth-order valence-corrected chi connectivity index (χ4v) is 2.83. The molecule has 1 heterocycles. The molecular weight excluding hydrogens is 290 g/mol. The van der Waals surface area contributed by atoms with Gasteiger partial charge in [0.1, 0.15) is 0 Å². The number of nitrogens with two attached hydrogens (primary N) is 1. The fourth-order valence-electron chi connectivity index (χ4n) is 2.46. The highest BCUT2D eigenvalue weighted by Crippen LogP contribution is 2.24. The summed E-state index contributed by atoms with van der Waals surface area (Å²) in [5.41, 5.74) is 7.85. The molecule has 0 bridgehead atoms. The number of anilines is 2. The fraction of sp³-hybridized carbons (Fsp3) is 0.571. The average molecular weight is 312 g/mol. The predicted molar refractivity (Wildman–Crippen MR) is 81.9 cm³/mol. The van der Waals surface area contributed by atoms with Gasteiger partial charge in [0.15, 0.2) is 0 Å². The van der Waals surface area contributed by atoms with E-state index < -0.39 is 0 Å². The summed E-state index contributed by atoms with van der Waals surface area (Å²) < 4.78 is 1.03. The van der Waals surface area contributed by atoms with Crippen LogP contribution in [-0.4, -0.2) is 31.1 Å².